The van der Waals surface area contributed by atoms with Gasteiger partial charge >= 0.3 is 0 Å². The molecule has 21 heavy (non-hydrogen) atoms. The first-order valence-corrected chi connectivity index (χ1v) is 8.86. The van der Waals surface area contributed by atoms with E-state index < -0.39 is 0 Å². The molecule has 0 spiro atoms. The van der Waals surface area contributed by atoms with Gasteiger partial charge in [0, 0.05) is 35.3 Å². The van der Waals surface area contributed by atoms with Crippen molar-refractivity contribution in [3.8, 4) is 10.4 Å². The summed E-state index contributed by atoms with van der Waals surface area (Å²) in [7, 11) is 0. The van der Waals surface area contributed by atoms with Crippen molar-refractivity contribution in [2.45, 2.75) is 32.2 Å². The Morgan fingerprint density at radius 2 is 1.95 bits per heavy atom. The average molecular weight is 300 g/mol. The lowest BCUT2D eigenvalue weighted by atomic mass is 10.0. The summed E-state index contributed by atoms with van der Waals surface area (Å²) in [6.45, 7) is 5.97. The van der Waals surface area contributed by atoms with Gasteiger partial charge < -0.3 is 10.2 Å². The van der Waals surface area contributed by atoms with Gasteiger partial charge in [0.2, 0.25) is 0 Å². The van der Waals surface area contributed by atoms with Gasteiger partial charge in [0.05, 0.1) is 0 Å². The number of hydrogen-bond acceptors (Lipinski definition) is 3. The largest absolute Gasteiger partial charge is 0.382 e. The van der Waals surface area contributed by atoms with Crippen molar-refractivity contribution < 1.29 is 0 Å². The first kappa shape index (κ1) is 14.6. The van der Waals surface area contributed by atoms with Crippen LogP contribution in [0.25, 0.3) is 10.4 Å². The molecule has 0 amide bonds. The van der Waals surface area contributed by atoms with E-state index in [0.29, 0.717) is 6.04 Å². The van der Waals surface area contributed by atoms with Crippen molar-refractivity contribution in [1.29, 1.82) is 0 Å². The maximum Gasteiger partial charge on any atom is 0.0430 e. The Kier molecular flexibility index (Phi) is 4.94. The highest BCUT2D eigenvalue weighted by Gasteiger charge is 2.19. The fourth-order valence-corrected chi connectivity index (χ4v) is 3.86. The number of nitrogens with one attached hydrogen (secondary N) is 1. The standard InChI is InChI=1S/C18H24N2S/c1-2-11-20-12-9-15(10-13-20)19-17-7-4-3-6-16(17)18-8-5-14-21-18/h3-8,14-15,19H,2,9-13H2,1H3. The minimum Gasteiger partial charge on any atom is -0.382 e. The lowest BCUT2D eigenvalue weighted by molar-refractivity contribution is 0.219. The topological polar surface area (TPSA) is 15.3 Å². The van der Waals surface area contributed by atoms with Crippen LogP contribution in [0.1, 0.15) is 26.2 Å². The quantitative estimate of drug-likeness (QED) is 0.861. The van der Waals surface area contributed by atoms with Crippen molar-refractivity contribution >= 4 is 17.0 Å². The normalized spacial score (nSPS) is 17.0. The van der Waals surface area contributed by atoms with Crippen LogP contribution in [0, 0.1) is 0 Å². The van der Waals surface area contributed by atoms with E-state index in [2.05, 4.69) is 58.9 Å². The molecular weight excluding hydrogens is 276 g/mol. The van der Waals surface area contributed by atoms with Gasteiger partial charge in [0.1, 0.15) is 0 Å². The first-order valence-electron chi connectivity index (χ1n) is 7.98. The number of nitrogens with zero attached hydrogens (tertiary/aromatic N) is 1. The molecule has 1 saturated heterocycles. The molecule has 1 aromatic heterocycles. The number of para-hydroxylation sites is 1. The first-order chi connectivity index (χ1) is 10.4. The molecule has 1 fully saturated rings. The third-order valence-electron chi connectivity index (χ3n) is 4.20. The Bertz CT molecular complexity index is 542. The molecule has 0 saturated carbocycles. The van der Waals surface area contributed by atoms with E-state index >= 15 is 0 Å². The second-order valence-corrected chi connectivity index (χ2v) is 6.73. The van der Waals surface area contributed by atoms with Gasteiger partial charge in [-0.15, -0.1) is 11.3 Å². The Morgan fingerprint density at radius 1 is 1.14 bits per heavy atom. The molecule has 0 atom stereocenters. The highest BCUT2D eigenvalue weighted by molar-refractivity contribution is 7.13. The van der Waals surface area contributed by atoms with Crippen LogP contribution in [0.3, 0.4) is 0 Å². The monoisotopic (exact) mass is 300 g/mol. The van der Waals surface area contributed by atoms with E-state index in [4.69, 9.17) is 0 Å². The molecule has 3 rings (SSSR count). The summed E-state index contributed by atoms with van der Waals surface area (Å²) < 4.78 is 0. The van der Waals surface area contributed by atoms with E-state index in [1.807, 2.05) is 11.3 Å². The van der Waals surface area contributed by atoms with E-state index in [1.54, 1.807) is 0 Å². The van der Waals surface area contributed by atoms with Crippen LogP contribution in [-0.4, -0.2) is 30.6 Å². The Morgan fingerprint density at radius 3 is 2.67 bits per heavy atom. The second kappa shape index (κ2) is 7.10. The Hall–Kier alpha value is -1.32. The van der Waals surface area contributed by atoms with Gasteiger partial charge in [-0.2, -0.15) is 0 Å². The number of rotatable bonds is 5. The van der Waals surface area contributed by atoms with E-state index in [0.717, 1.165) is 0 Å². The zero-order valence-electron chi connectivity index (χ0n) is 12.7. The molecule has 2 nitrogen and oxygen atoms in total. The van der Waals surface area contributed by atoms with Crippen molar-refractivity contribution in [1.82, 2.24) is 4.90 Å². The number of thiophene rings is 1. The Balaban J connectivity index is 1.66. The molecule has 0 unspecified atom stereocenters. The van der Waals surface area contributed by atoms with Crippen LogP contribution >= 0.6 is 11.3 Å². The van der Waals surface area contributed by atoms with Crippen LogP contribution in [-0.2, 0) is 0 Å². The lowest BCUT2D eigenvalue weighted by Crippen LogP contribution is -2.39. The highest BCUT2D eigenvalue weighted by Crippen LogP contribution is 2.32. The number of benzene rings is 1. The molecule has 1 N–H and O–H groups in total. The molecule has 2 heterocycles. The minimum absolute atomic E-state index is 0.610. The summed E-state index contributed by atoms with van der Waals surface area (Å²) in [5, 5.41) is 5.93. The number of anilines is 1. The van der Waals surface area contributed by atoms with Gasteiger partial charge in [-0.05, 0) is 43.3 Å². The number of hydrogen-bond donors (Lipinski definition) is 1. The molecule has 1 aromatic carbocycles. The van der Waals surface area contributed by atoms with Crippen LogP contribution in [0.4, 0.5) is 5.69 Å². The van der Waals surface area contributed by atoms with Gasteiger partial charge in [-0.1, -0.05) is 31.2 Å². The summed E-state index contributed by atoms with van der Waals surface area (Å²) in [5.74, 6) is 0. The van der Waals surface area contributed by atoms with Gasteiger partial charge in [-0.25, -0.2) is 0 Å². The maximum atomic E-state index is 3.78. The summed E-state index contributed by atoms with van der Waals surface area (Å²) in [4.78, 5) is 3.94. The summed E-state index contributed by atoms with van der Waals surface area (Å²) >= 11 is 1.81. The van der Waals surface area contributed by atoms with Gasteiger partial charge in [0.25, 0.3) is 0 Å². The molecule has 1 aliphatic heterocycles. The summed E-state index contributed by atoms with van der Waals surface area (Å²) in [6.07, 6.45) is 3.76. The smallest absolute Gasteiger partial charge is 0.0430 e. The van der Waals surface area contributed by atoms with E-state index in [9.17, 15) is 0 Å². The van der Waals surface area contributed by atoms with Crippen LogP contribution in [0.15, 0.2) is 41.8 Å². The molecule has 0 bridgehead atoms. The number of piperidine rings is 1. The molecular formula is C18H24N2S. The third kappa shape index (κ3) is 3.66. The van der Waals surface area contributed by atoms with Crippen molar-refractivity contribution in [3.05, 3.63) is 41.8 Å². The molecule has 3 heteroatoms. The molecule has 1 aliphatic rings. The second-order valence-electron chi connectivity index (χ2n) is 5.78. The van der Waals surface area contributed by atoms with Gasteiger partial charge in [-0.3, -0.25) is 0 Å². The van der Waals surface area contributed by atoms with Crippen LogP contribution in [0.2, 0.25) is 0 Å². The molecule has 0 aliphatic carbocycles. The molecule has 0 radical (unpaired) electrons. The van der Waals surface area contributed by atoms with Crippen molar-refractivity contribution in [3.63, 3.8) is 0 Å². The lowest BCUT2D eigenvalue weighted by Gasteiger charge is -2.33. The van der Waals surface area contributed by atoms with Crippen LogP contribution < -0.4 is 5.32 Å². The van der Waals surface area contributed by atoms with E-state index in [-0.39, 0.29) is 0 Å². The van der Waals surface area contributed by atoms with E-state index in [1.165, 1.54) is 55.0 Å². The predicted molar refractivity (Wildman–Crippen MR) is 93.1 cm³/mol. The fourth-order valence-electron chi connectivity index (χ4n) is 3.09. The SMILES string of the molecule is CCCN1CCC(Nc2ccccc2-c2cccs2)CC1. The van der Waals surface area contributed by atoms with Crippen molar-refractivity contribution in [2.75, 3.05) is 25.0 Å². The minimum atomic E-state index is 0.610. The molecule has 112 valence electrons. The number of likely N-dealkylation sites (tertiary alicyclic amines) is 1. The Labute approximate surface area is 131 Å². The van der Waals surface area contributed by atoms with Crippen LogP contribution in [0.5, 0.6) is 0 Å². The zero-order chi connectivity index (χ0) is 14.5. The molecule has 2 aromatic rings. The van der Waals surface area contributed by atoms with Gasteiger partial charge in [0.15, 0.2) is 0 Å². The maximum absolute atomic E-state index is 3.78. The summed E-state index contributed by atoms with van der Waals surface area (Å²) in [6, 6.07) is 13.6. The highest BCUT2D eigenvalue weighted by atomic mass is 32.1. The third-order valence-corrected chi connectivity index (χ3v) is 5.10. The predicted octanol–water partition coefficient (Wildman–Crippen LogP) is 4.70. The van der Waals surface area contributed by atoms with Crippen molar-refractivity contribution in [2.24, 2.45) is 0 Å². The summed E-state index contributed by atoms with van der Waals surface area (Å²) in [5.41, 5.74) is 2.62. The average Bonchev–Trinajstić information content (AvgIpc) is 3.04. The fraction of sp³-hybridized carbons (Fsp3) is 0.444. The zero-order valence-corrected chi connectivity index (χ0v) is 13.5.